The molecule has 3 nitrogen and oxygen atoms in total. The number of nitrogens with two attached hydrogens (primary N) is 1. The number of aromatic nitrogens is 1. The van der Waals surface area contributed by atoms with E-state index in [4.69, 9.17) is 10.5 Å². The van der Waals surface area contributed by atoms with Crippen LogP contribution in [0.15, 0.2) is 36.5 Å². The highest BCUT2D eigenvalue weighted by molar-refractivity contribution is 5.38. The Bertz CT molecular complexity index is 555. The van der Waals surface area contributed by atoms with Crippen molar-refractivity contribution < 1.29 is 9.13 Å². The molecular formula is C14H15FN2O. The Labute approximate surface area is 105 Å². The smallest absolute Gasteiger partial charge is 0.223 e. The third-order valence-electron chi connectivity index (χ3n) is 2.63. The van der Waals surface area contributed by atoms with Crippen LogP contribution in [0.3, 0.4) is 0 Å². The molecular weight excluding hydrogens is 231 g/mol. The summed E-state index contributed by atoms with van der Waals surface area (Å²) >= 11 is 0. The Hall–Kier alpha value is -1.94. The molecule has 18 heavy (non-hydrogen) atoms. The molecule has 0 aliphatic carbocycles. The van der Waals surface area contributed by atoms with Crippen LogP contribution in [0.25, 0.3) is 0 Å². The van der Waals surface area contributed by atoms with Gasteiger partial charge in [0, 0.05) is 17.8 Å². The lowest BCUT2D eigenvalue weighted by molar-refractivity contribution is 0.447. The van der Waals surface area contributed by atoms with Crippen LogP contribution in [-0.4, -0.2) is 4.98 Å². The van der Waals surface area contributed by atoms with Crippen molar-refractivity contribution in [3.8, 4) is 11.6 Å². The molecule has 4 heteroatoms. The Morgan fingerprint density at radius 1 is 1.33 bits per heavy atom. The average molecular weight is 246 g/mol. The zero-order valence-electron chi connectivity index (χ0n) is 10.4. The molecule has 0 aliphatic heterocycles. The van der Waals surface area contributed by atoms with Gasteiger partial charge in [0.2, 0.25) is 5.88 Å². The molecule has 0 fully saturated rings. The minimum Gasteiger partial charge on any atom is -0.438 e. The van der Waals surface area contributed by atoms with Crippen molar-refractivity contribution in [2.24, 2.45) is 5.73 Å². The summed E-state index contributed by atoms with van der Waals surface area (Å²) in [5.41, 5.74) is 7.39. The van der Waals surface area contributed by atoms with E-state index < -0.39 is 0 Å². The van der Waals surface area contributed by atoms with Gasteiger partial charge in [-0.2, -0.15) is 0 Å². The molecule has 0 amide bonds. The Morgan fingerprint density at radius 3 is 2.78 bits per heavy atom. The van der Waals surface area contributed by atoms with E-state index in [-0.39, 0.29) is 11.9 Å². The number of ether oxygens (including phenoxy) is 1. The van der Waals surface area contributed by atoms with E-state index in [0.717, 1.165) is 11.1 Å². The zero-order valence-corrected chi connectivity index (χ0v) is 10.4. The summed E-state index contributed by atoms with van der Waals surface area (Å²) in [4.78, 5) is 4.16. The maximum Gasteiger partial charge on any atom is 0.223 e. The minimum atomic E-state index is -0.284. The molecule has 0 radical (unpaired) electrons. The Balaban J connectivity index is 2.34. The highest BCUT2D eigenvalue weighted by atomic mass is 19.1. The molecule has 0 aliphatic rings. The molecule has 0 spiro atoms. The summed E-state index contributed by atoms with van der Waals surface area (Å²) in [7, 11) is 0. The van der Waals surface area contributed by atoms with Crippen LogP contribution in [0.2, 0.25) is 0 Å². The maximum atomic E-state index is 13.0. The number of hydrogen-bond acceptors (Lipinski definition) is 3. The van der Waals surface area contributed by atoms with Gasteiger partial charge < -0.3 is 10.5 Å². The molecule has 0 saturated carbocycles. The van der Waals surface area contributed by atoms with Crippen molar-refractivity contribution in [3.63, 3.8) is 0 Å². The minimum absolute atomic E-state index is 0.172. The summed E-state index contributed by atoms with van der Waals surface area (Å²) in [6, 6.07) is 7.87. The first-order valence-electron chi connectivity index (χ1n) is 5.72. The monoisotopic (exact) mass is 246 g/mol. The van der Waals surface area contributed by atoms with Gasteiger partial charge in [-0.1, -0.05) is 6.07 Å². The number of halogens is 1. The quantitative estimate of drug-likeness (QED) is 0.903. The average Bonchev–Trinajstić information content (AvgIpc) is 2.33. The van der Waals surface area contributed by atoms with Gasteiger partial charge in [0.05, 0.1) is 0 Å². The lowest BCUT2D eigenvalue weighted by Crippen LogP contribution is -2.07. The van der Waals surface area contributed by atoms with Gasteiger partial charge in [-0.05, 0) is 43.7 Å². The fourth-order valence-electron chi connectivity index (χ4n) is 1.67. The molecule has 0 saturated heterocycles. The maximum absolute atomic E-state index is 13.0. The number of hydrogen-bond donors (Lipinski definition) is 1. The third-order valence-corrected chi connectivity index (χ3v) is 2.63. The molecule has 2 N–H and O–H groups in total. The van der Waals surface area contributed by atoms with Crippen LogP contribution < -0.4 is 10.5 Å². The summed E-state index contributed by atoms with van der Waals surface area (Å²) in [5.74, 6) is 0.757. The van der Waals surface area contributed by atoms with Crippen LogP contribution in [-0.2, 0) is 0 Å². The number of nitrogens with zero attached hydrogens (tertiary/aromatic N) is 1. The van der Waals surface area contributed by atoms with Crippen LogP contribution in [0.4, 0.5) is 4.39 Å². The molecule has 2 aromatic rings. The standard InChI is InChI=1S/C14H15FN2O/c1-9-8-11(15)5-6-13(9)18-14-12(10(2)16)4-3-7-17-14/h3-8,10H,16H2,1-2H3/t10-/m1/s1. The van der Waals surface area contributed by atoms with E-state index in [9.17, 15) is 4.39 Å². The molecule has 0 unspecified atom stereocenters. The molecule has 1 aromatic heterocycles. The number of benzene rings is 1. The van der Waals surface area contributed by atoms with Crippen molar-refractivity contribution in [1.29, 1.82) is 0 Å². The summed E-state index contributed by atoms with van der Waals surface area (Å²) < 4.78 is 18.7. The number of aryl methyl sites for hydroxylation is 1. The van der Waals surface area contributed by atoms with Gasteiger partial charge in [0.25, 0.3) is 0 Å². The fourth-order valence-corrected chi connectivity index (χ4v) is 1.67. The highest BCUT2D eigenvalue weighted by Crippen LogP contribution is 2.28. The summed E-state index contributed by atoms with van der Waals surface area (Å²) in [6.45, 7) is 3.65. The van der Waals surface area contributed by atoms with Crippen molar-refractivity contribution in [2.75, 3.05) is 0 Å². The SMILES string of the molecule is Cc1cc(F)ccc1Oc1ncccc1[C@@H](C)N. The fraction of sp³-hybridized carbons (Fsp3) is 0.214. The van der Waals surface area contributed by atoms with Gasteiger partial charge in [0.1, 0.15) is 11.6 Å². The first kappa shape index (κ1) is 12.5. The van der Waals surface area contributed by atoms with Crippen molar-refractivity contribution >= 4 is 0 Å². The molecule has 1 heterocycles. The lowest BCUT2D eigenvalue weighted by Gasteiger charge is -2.13. The van der Waals surface area contributed by atoms with E-state index in [1.54, 1.807) is 19.2 Å². The van der Waals surface area contributed by atoms with Gasteiger partial charge in [-0.25, -0.2) is 9.37 Å². The molecule has 94 valence electrons. The van der Waals surface area contributed by atoms with Crippen molar-refractivity contribution in [1.82, 2.24) is 4.98 Å². The molecule has 0 bridgehead atoms. The molecule has 2 rings (SSSR count). The third kappa shape index (κ3) is 2.65. The largest absolute Gasteiger partial charge is 0.438 e. The van der Waals surface area contributed by atoms with E-state index in [1.165, 1.54) is 12.1 Å². The van der Waals surface area contributed by atoms with Gasteiger partial charge in [-0.15, -0.1) is 0 Å². The van der Waals surface area contributed by atoms with Crippen molar-refractivity contribution in [2.45, 2.75) is 19.9 Å². The van der Waals surface area contributed by atoms with Crippen LogP contribution in [0.5, 0.6) is 11.6 Å². The second kappa shape index (κ2) is 5.14. The van der Waals surface area contributed by atoms with E-state index in [1.807, 2.05) is 19.1 Å². The predicted molar refractivity (Wildman–Crippen MR) is 68.1 cm³/mol. The van der Waals surface area contributed by atoms with E-state index >= 15 is 0 Å². The van der Waals surface area contributed by atoms with Gasteiger partial charge >= 0.3 is 0 Å². The predicted octanol–water partition coefficient (Wildman–Crippen LogP) is 3.34. The first-order valence-corrected chi connectivity index (χ1v) is 5.72. The van der Waals surface area contributed by atoms with Crippen molar-refractivity contribution in [3.05, 3.63) is 53.5 Å². The Kier molecular flexibility index (Phi) is 3.58. The molecule has 1 aromatic carbocycles. The van der Waals surface area contributed by atoms with E-state index in [0.29, 0.717) is 11.6 Å². The lowest BCUT2D eigenvalue weighted by atomic mass is 10.1. The van der Waals surface area contributed by atoms with Crippen LogP contribution in [0, 0.1) is 12.7 Å². The first-order chi connectivity index (χ1) is 8.58. The van der Waals surface area contributed by atoms with Gasteiger partial charge in [0.15, 0.2) is 0 Å². The summed E-state index contributed by atoms with van der Waals surface area (Å²) in [5, 5.41) is 0. The van der Waals surface area contributed by atoms with Gasteiger partial charge in [-0.3, -0.25) is 0 Å². The topological polar surface area (TPSA) is 48.1 Å². The second-order valence-electron chi connectivity index (χ2n) is 4.20. The summed E-state index contributed by atoms with van der Waals surface area (Å²) in [6.07, 6.45) is 1.64. The number of rotatable bonds is 3. The van der Waals surface area contributed by atoms with Crippen LogP contribution in [0.1, 0.15) is 24.1 Å². The zero-order chi connectivity index (χ0) is 13.1. The second-order valence-corrected chi connectivity index (χ2v) is 4.20. The number of pyridine rings is 1. The molecule has 1 atom stereocenters. The van der Waals surface area contributed by atoms with Crippen LogP contribution >= 0.6 is 0 Å². The Morgan fingerprint density at radius 2 is 2.11 bits per heavy atom. The normalized spacial score (nSPS) is 12.2. The highest BCUT2D eigenvalue weighted by Gasteiger charge is 2.11. The van der Waals surface area contributed by atoms with E-state index in [2.05, 4.69) is 4.98 Å².